The molecule has 0 bridgehead atoms. The molecule has 9 nitrogen and oxygen atoms in total. The van der Waals surface area contributed by atoms with Gasteiger partial charge in [-0.2, -0.15) is 0 Å². The van der Waals surface area contributed by atoms with Crippen LogP contribution in [0.15, 0.2) is 80.1 Å². The molecule has 0 N–H and O–H groups in total. The fraction of sp³-hybridized carbons (Fsp3) is 0.286. The van der Waals surface area contributed by atoms with Gasteiger partial charge in [-0.15, -0.1) is 0 Å². The summed E-state index contributed by atoms with van der Waals surface area (Å²) in [5.41, 5.74) is 2.73. The number of rotatable bonds is 11. The van der Waals surface area contributed by atoms with Crippen LogP contribution in [-0.4, -0.2) is 37.5 Å². The van der Waals surface area contributed by atoms with Crippen molar-refractivity contribution >= 4 is 61.9 Å². The molecule has 0 spiro atoms. The molecule has 1 aliphatic rings. The molecule has 0 fully saturated rings. The van der Waals surface area contributed by atoms with Gasteiger partial charge in [-0.25, -0.2) is 9.79 Å². The van der Waals surface area contributed by atoms with Crippen molar-refractivity contribution in [2.75, 3.05) is 20.8 Å². The van der Waals surface area contributed by atoms with Crippen molar-refractivity contribution in [1.82, 2.24) is 4.57 Å². The quantitative estimate of drug-likeness (QED) is 0.125. The number of hydrogen-bond acceptors (Lipinski definition) is 9. The maximum Gasteiger partial charge on any atom is 0.338 e. The van der Waals surface area contributed by atoms with Crippen LogP contribution in [0, 0.1) is 3.57 Å². The van der Waals surface area contributed by atoms with E-state index in [0.29, 0.717) is 55.8 Å². The standard InChI is InChI=1S/C35H34BrIN2O7S/c1-7-44-34(41)30-20(4)38-35-39(31(30)22-10-13-26(46-19(2)3)27(15-22)42-5)33(40)29(47-35)16-23-14-25(37)17-28(43-6)32(23)45-18-21-8-11-24(36)12-9-21/h8-17,19,31H,7,18H2,1-6H3/b29-16+/t31-/m1/s1. The van der Waals surface area contributed by atoms with Crippen LogP contribution in [0.3, 0.4) is 0 Å². The summed E-state index contributed by atoms with van der Waals surface area (Å²) in [4.78, 5) is 32.9. The third-order valence-electron chi connectivity index (χ3n) is 7.23. The molecule has 0 aliphatic carbocycles. The average Bonchev–Trinajstić information content (AvgIpc) is 3.34. The van der Waals surface area contributed by atoms with Crippen LogP contribution in [0.4, 0.5) is 0 Å². The molecule has 246 valence electrons. The Morgan fingerprint density at radius 2 is 1.79 bits per heavy atom. The minimum Gasteiger partial charge on any atom is -0.493 e. The first kappa shape index (κ1) is 34.7. The molecule has 0 radical (unpaired) electrons. The van der Waals surface area contributed by atoms with E-state index in [-0.39, 0.29) is 23.8 Å². The van der Waals surface area contributed by atoms with E-state index >= 15 is 0 Å². The van der Waals surface area contributed by atoms with Crippen molar-refractivity contribution in [3.63, 3.8) is 0 Å². The van der Waals surface area contributed by atoms with Gasteiger partial charge in [0.25, 0.3) is 5.56 Å². The first-order chi connectivity index (χ1) is 22.5. The number of carbonyl (C=O) groups excluding carboxylic acids is 1. The van der Waals surface area contributed by atoms with Crippen molar-refractivity contribution in [3.8, 4) is 23.0 Å². The molecular formula is C35H34BrIN2O7S. The Hall–Kier alpha value is -3.62. The number of ether oxygens (including phenoxy) is 5. The second-order valence-corrected chi connectivity index (χ2v) is 14.0. The number of methoxy groups -OCH3 is 2. The number of nitrogens with zero attached hydrogens (tertiary/aromatic N) is 2. The summed E-state index contributed by atoms with van der Waals surface area (Å²) in [6.45, 7) is 7.82. The molecule has 0 saturated heterocycles. The molecule has 3 aromatic carbocycles. The minimum absolute atomic E-state index is 0.0759. The molecule has 2 heterocycles. The summed E-state index contributed by atoms with van der Waals surface area (Å²) < 4.78 is 32.9. The van der Waals surface area contributed by atoms with Crippen molar-refractivity contribution in [2.45, 2.75) is 46.4 Å². The van der Waals surface area contributed by atoms with E-state index in [1.165, 1.54) is 11.3 Å². The molecule has 1 aliphatic heterocycles. The summed E-state index contributed by atoms with van der Waals surface area (Å²) in [5, 5.41) is 0. The van der Waals surface area contributed by atoms with Crippen LogP contribution in [0.1, 0.15) is 50.4 Å². The Morgan fingerprint density at radius 1 is 1.06 bits per heavy atom. The van der Waals surface area contributed by atoms with Gasteiger partial charge in [0.2, 0.25) is 0 Å². The number of fused-ring (bicyclic) bond motifs is 1. The van der Waals surface area contributed by atoms with Gasteiger partial charge < -0.3 is 23.7 Å². The summed E-state index contributed by atoms with van der Waals surface area (Å²) in [6.07, 6.45) is 1.71. The lowest BCUT2D eigenvalue weighted by molar-refractivity contribution is -0.139. The van der Waals surface area contributed by atoms with Gasteiger partial charge in [-0.1, -0.05) is 45.5 Å². The number of allylic oxidation sites excluding steroid dienone is 1. The topological polar surface area (TPSA) is 97.6 Å². The van der Waals surface area contributed by atoms with Gasteiger partial charge in [0.15, 0.2) is 27.8 Å². The first-order valence-corrected chi connectivity index (χ1v) is 17.5. The van der Waals surface area contributed by atoms with Crippen molar-refractivity contribution in [1.29, 1.82) is 0 Å². The van der Waals surface area contributed by atoms with Crippen molar-refractivity contribution in [3.05, 3.63) is 110 Å². The number of hydrogen-bond donors (Lipinski definition) is 0. The first-order valence-electron chi connectivity index (χ1n) is 14.8. The zero-order valence-corrected chi connectivity index (χ0v) is 31.3. The highest BCUT2D eigenvalue weighted by molar-refractivity contribution is 14.1. The Morgan fingerprint density at radius 3 is 2.45 bits per heavy atom. The van der Waals surface area contributed by atoms with Crippen molar-refractivity contribution in [2.24, 2.45) is 4.99 Å². The summed E-state index contributed by atoms with van der Waals surface area (Å²) in [5.74, 6) is 1.55. The van der Waals surface area contributed by atoms with E-state index < -0.39 is 12.0 Å². The number of aromatic nitrogens is 1. The summed E-state index contributed by atoms with van der Waals surface area (Å²) in [7, 11) is 3.14. The zero-order valence-electron chi connectivity index (χ0n) is 26.8. The van der Waals surface area contributed by atoms with E-state index in [1.807, 2.05) is 56.3 Å². The maximum absolute atomic E-state index is 14.3. The van der Waals surface area contributed by atoms with Crippen LogP contribution in [0.25, 0.3) is 6.08 Å². The molecule has 1 aromatic heterocycles. The SMILES string of the molecule is CCOC(=O)C1=C(C)N=c2s/c(=C/c3cc(I)cc(OC)c3OCc3ccc(Br)cc3)c(=O)n2[C@@H]1c1ccc(OC(C)C)c(OC)c1. The summed E-state index contributed by atoms with van der Waals surface area (Å²) >= 11 is 6.91. The molecule has 47 heavy (non-hydrogen) atoms. The number of benzene rings is 3. The second kappa shape index (κ2) is 15.1. The van der Waals surface area contributed by atoms with Crippen LogP contribution in [0.2, 0.25) is 0 Å². The molecule has 0 unspecified atom stereocenters. The van der Waals surface area contributed by atoms with Crippen LogP contribution < -0.4 is 33.8 Å². The predicted molar refractivity (Wildman–Crippen MR) is 193 cm³/mol. The lowest BCUT2D eigenvalue weighted by atomic mass is 9.95. The molecular weight excluding hydrogens is 799 g/mol. The monoisotopic (exact) mass is 832 g/mol. The summed E-state index contributed by atoms with van der Waals surface area (Å²) in [6, 6.07) is 16.3. The Labute approximate surface area is 298 Å². The predicted octanol–water partition coefficient (Wildman–Crippen LogP) is 6.55. The molecule has 0 saturated carbocycles. The Kier molecular flexibility index (Phi) is 11.1. The van der Waals surface area contributed by atoms with E-state index in [4.69, 9.17) is 28.7 Å². The van der Waals surface area contributed by atoms with E-state index in [9.17, 15) is 9.59 Å². The van der Waals surface area contributed by atoms with Crippen LogP contribution in [-0.2, 0) is 16.1 Å². The van der Waals surface area contributed by atoms with Gasteiger partial charge in [-0.3, -0.25) is 9.36 Å². The second-order valence-electron chi connectivity index (χ2n) is 10.8. The average molecular weight is 834 g/mol. The number of carbonyl (C=O) groups is 1. The zero-order chi connectivity index (χ0) is 33.8. The van der Waals surface area contributed by atoms with Crippen LogP contribution >= 0.6 is 49.9 Å². The van der Waals surface area contributed by atoms with Gasteiger partial charge in [0.1, 0.15) is 6.61 Å². The highest BCUT2D eigenvalue weighted by Crippen LogP contribution is 2.37. The number of halogens is 2. The minimum atomic E-state index is -0.812. The van der Waals surface area contributed by atoms with Gasteiger partial charge >= 0.3 is 5.97 Å². The fourth-order valence-electron chi connectivity index (χ4n) is 5.19. The fourth-order valence-corrected chi connectivity index (χ4v) is 7.11. The largest absolute Gasteiger partial charge is 0.493 e. The third kappa shape index (κ3) is 7.60. The highest BCUT2D eigenvalue weighted by atomic mass is 127. The van der Waals surface area contributed by atoms with E-state index in [0.717, 1.165) is 13.6 Å². The smallest absolute Gasteiger partial charge is 0.338 e. The Bertz CT molecular complexity index is 2020. The lowest BCUT2D eigenvalue weighted by Crippen LogP contribution is -2.40. The number of esters is 1. The molecule has 0 amide bonds. The Balaban J connectivity index is 1.67. The molecule has 5 rings (SSSR count). The molecule has 1 atom stereocenters. The van der Waals surface area contributed by atoms with E-state index in [2.05, 4.69) is 38.5 Å². The maximum atomic E-state index is 14.3. The van der Waals surface area contributed by atoms with E-state index in [1.54, 1.807) is 50.8 Å². The van der Waals surface area contributed by atoms with Gasteiger partial charge in [0.05, 0.1) is 48.8 Å². The van der Waals surface area contributed by atoms with Gasteiger partial charge in [-0.05, 0) is 104 Å². The highest BCUT2D eigenvalue weighted by Gasteiger charge is 2.34. The molecule has 4 aromatic rings. The molecule has 12 heteroatoms. The third-order valence-corrected chi connectivity index (χ3v) is 9.37. The number of thiazole rings is 1. The normalized spacial score (nSPS) is 14.5. The van der Waals surface area contributed by atoms with Crippen molar-refractivity contribution < 1.29 is 28.5 Å². The van der Waals surface area contributed by atoms with Gasteiger partial charge in [0, 0.05) is 13.6 Å². The lowest BCUT2D eigenvalue weighted by Gasteiger charge is -2.25. The van der Waals surface area contributed by atoms with Crippen LogP contribution in [0.5, 0.6) is 23.0 Å².